The highest BCUT2D eigenvalue weighted by Gasteiger charge is 2.38. The molecule has 1 fully saturated rings. The SMILES string of the molecule is CN(C)CCn1ncc(Cl)c1C(C)(O)C1CCCCC1. The predicted octanol–water partition coefficient (Wildman–Crippen LogP) is 2.89. The third-order valence-corrected chi connectivity index (χ3v) is 4.71. The molecule has 1 heterocycles. The summed E-state index contributed by atoms with van der Waals surface area (Å²) in [6.07, 6.45) is 7.48. The van der Waals surface area contributed by atoms with Crippen LogP contribution in [0.2, 0.25) is 5.02 Å². The largest absolute Gasteiger partial charge is 0.384 e. The lowest BCUT2D eigenvalue weighted by molar-refractivity contribution is -0.0290. The van der Waals surface area contributed by atoms with Gasteiger partial charge in [0.1, 0.15) is 5.60 Å². The molecule has 0 bridgehead atoms. The summed E-state index contributed by atoms with van der Waals surface area (Å²) in [6.45, 7) is 3.53. The van der Waals surface area contributed by atoms with E-state index < -0.39 is 5.60 Å². The maximum absolute atomic E-state index is 11.1. The molecule has 1 atom stereocenters. The molecular formula is C15H26ClN3O. The fraction of sp³-hybridized carbons (Fsp3) is 0.800. The molecule has 4 nitrogen and oxygen atoms in total. The Labute approximate surface area is 126 Å². The first-order valence-electron chi connectivity index (χ1n) is 7.52. The Balaban J connectivity index is 2.22. The second-order valence-electron chi connectivity index (χ2n) is 6.35. The Morgan fingerprint density at radius 3 is 2.65 bits per heavy atom. The summed E-state index contributed by atoms with van der Waals surface area (Å²) >= 11 is 6.31. The quantitative estimate of drug-likeness (QED) is 0.909. The Bertz CT molecular complexity index is 436. The average Bonchev–Trinajstić information content (AvgIpc) is 2.79. The first kappa shape index (κ1) is 15.8. The molecule has 1 aromatic heterocycles. The number of hydrogen-bond donors (Lipinski definition) is 1. The van der Waals surface area contributed by atoms with Gasteiger partial charge in [0.25, 0.3) is 0 Å². The van der Waals surface area contributed by atoms with E-state index in [1.807, 2.05) is 25.7 Å². The van der Waals surface area contributed by atoms with Gasteiger partial charge in [-0.25, -0.2) is 0 Å². The molecule has 1 aromatic rings. The maximum atomic E-state index is 11.1. The van der Waals surface area contributed by atoms with Crippen LogP contribution in [-0.2, 0) is 12.1 Å². The molecule has 0 aromatic carbocycles. The zero-order valence-corrected chi connectivity index (χ0v) is 13.5. The molecule has 0 amide bonds. The number of halogens is 1. The number of rotatable bonds is 5. The fourth-order valence-electron chi connectivity index (χ4n) is 3.19. The van der Waals surface area contributed by atoms with Crippen molar-refractivity contribution in [2.24, 2.45) is 5.92 Å². The zero-order valence-electron chi connectivity index (χ0n) is 12.8. The minimum absolute atomic E-state index is 0.281. The van der Waals surface area contributed by atoms with Crippen LogP contribution in [0, 0.1) is 5.92 Å². The van der Waals surface area contributed by atoms with Crippen LogP contribution in [0.1, 0.15) is 44.7 Å². The van der Waals surface area contributed by atoms with Crippen molar-refractivity contribution in [1.29, 1.82) is 0 Å². The highest BCUT2D eigenvalue weighted by Crippen LogP contribution is 2.41. The van der Waals surface area contributed by atoms with Crippen molar-refractivity contribution in [3.63, 3.8) is 0 Å². The predicted molar refractivity (Wildman–Crippen MR) is 81.9 cm³/mol. The second-order valence-corrected chi connectivity index (χ2v) is 6.76. The summed E-state index contributed by atoms with van der Waals surface area (Å²) in [5, 5.41) is 16.0. The normalized spacial score (nSPS) is 20.3. The first-order chi connectivity index (χ1) is 9.43. The minimum Gasteiger partial charge on any atom is -0.384 e. The van der Waals surface area contributed by atoms with E-state index in [0.29, 0.717) is 5.02 Å². The fourth-order valence-corrected chi connectivity index (χ4v) is 3.52. The molecule has 5 heteroatoms. The summed E-state index contributed by atoms with van der Waals surface area (Å²) in [5.74, 6) is 0.281. The molecule has 0 radical (unpaired) electrons. The third kappa shape index (κ3) is 3.35. The van der Waals surface area contributed by atoms with Crippen LogP contribution in [0.15, 0.2) is 6.20 Å². The van der Waals surface area contributed by atoms with Crippen LogP contribution in [0.5, 0.6) is 0 Å². The van der Waals surface area contributed by atoms with Crippen LogP contribution < -0.4 is 0 Å². The standard InChI is InChI=1S/C15H26ClN3O/c1-15(20,12-7-5-4-6-8-12)14-13(16)11-17-19(14)10-9-18(2)3/h11-12,20H,4-10H2,1-3H3. The van der Waals surface area contributed by atoms with Gasteiger partial charge in [0.15, 0.2) is 0 Å². The molecule has 0 aliphatic heterocycles. The molecule has 20 heavy (non-hydrogen) atoms. The molecule has 1 aliphatic carbocycles. The lowest BCUT2D eigenvalue weighted by Crippen LogP contribution is -2.36. The van der Waals surface area contributed by atoms with Crippen molar-refractivity contribution in [2.75, 3.05) is 20.6 Å². The van der Waals surface area contributed by atoms with Crippen molar-refractivity contribution in [3.05, 3.63) is 16.9 Å². The highest BCUT2D eigenvalue weighted by molar-refractivity contribution is 6.31. The van der Waals surface area contributed by atoms with Crippen molar-refractivity contribution < 1.29 is 5.11 Å². The third-order valence-electron chi connectivity index (χ3n) is 4.43. The van der Waals surface area contributed by atoms with Gasteiger partial charge >= 0.3 is 0 Å². The van der Waals surface area contributed by atoms with Gasteiger partial charge in [0.2, 0.25) is 0 Å². The molecule has 0 spiro atoms. The van der Waals surface area contributed by atoms with Crippen molar-refractivity contribution in [2.45, 2.75) is 51.2 Å². The number of hydrogen-bond acceptors (Lipinski definition) is 3. The number of aliphatic hydroxyl groups is 1. The lowest BCUT2D eigenvalue weighted by atomic mass is 9.76. The number of likely N-dealkylation sites (N-methyl/N-ethyl adjacent to an activating group) is 1. The average molecular weight is 300 g/mol. The van der Waals surface area contributed by atoms with Crippen LogP contribution in [-0.4, -0.2) is 40.4 Å². The van der Waals surface area contributed by atoms with E-state index in [-0.39, 0.29) is 5.92 Å². The summed E-state index contributed by atoms with van der Waals surface area (Å²) in [6, 6.07) is 0. The van der Waals surface area contributed by atoms with Gasteiger partial charge in [-0.05, 0) is 39.8 Å². The van der Waals surface area contributed by atoms with E-state index in [2.05, 4.69) is 10.00 Å². The molecular weight excluding hydrogens is 274 g/mol. The monoisotopic (exact) mass is 299 g/mol. The van der Waals surface area contributed by atoms with E-state index in [9.17, 15) is 5.11 Å². The molecule has 114 valence electrons. The number of nitrogens with zero attached hydrogens (tertiary/aromatic N) is 3. The smallest absolute Gasteiger partial charge is 0.108 e. The Morgan fingerprint density at radius 2 is 2.05 bits per heavy atom. The summed E-state index contributed by atoms with van der Waals surface area (Å²) < 4.78 is 1.87. The van der Waals surface area contributed by atoms with Crippen molar-refractivity contribution in [1.82, 2.24) is 14.7 Å². The summed E-state index contributed by atoms with van der Waals surface area (Å²) in [5.41, 5.74) is -0.103. The molecule has 1 saturated carbocycles. The molecule has 2 rings (SSSR count). The van der Waals surface area contributed by atoms with E-state index in [1.54, 1.807) is 6.20 Å². The van der Waals surface area contributed by atoms with Crippen LogP contribution >= 0.6 is 11.6 Å². The van der Waals surface area contributed by atoms with Crippen LogP contribution in [0.25, 0.3) is 0 Å². The Hall–Kier alpha value is -0.580. The minimum atomic E-state index is -0.889. The van der Waals surface area contributed by atoms with E-state index in [0.717, 1.165) is 31.6 Å². The first-order valence-corrected chi connectivity index (χ1v) is 7.89. The van der Waals surface area contributed by atoms with Crippen LogP contribution in [0.3, 0.4) is 0 Å². The van der Waals surface area contributed by atoms with E-state index in [4.69, 9.17) is 11.6 Å². The van der Waals surface area contributed by atoms with E-state index >= 15 is 0 Å². The Morgan fingerprint density at radius 1 is 1.40 bits per heavy atom. The van der Waals surface area contributed by atoms with Gasteiger partial charge in [-0.3, -0.25) is 4.68 Å². The van der Waals surface area contributed by atoms with Crippen LogP contribution in [0.4, 0.5) is 0 Å². The van der Waals surface area contributed by atoms with Crippen molar-refractivity contribution in [3.8, 4) is 0 Å². The van der Waals surface area contributed by atoms with E-state index in [1.165, 1.54) is 19.3 Å². The molecule has 0 saturated heterocycles. The van der Waals surface area contributed by atoms with Gasteiger partial charge in [-0.15, -0.1) is 0 Å². The Kier molecular flexibility index (Phi) is 5.10. The molecule has 1 aliphatic rings. The molecule has 1 unspecified atom stereocenters. The van der Waals surface area contributed by atoms with Gasteiger partial charge in [0, 0.05) is 6.54 Å². The topological polar surface area (TPSA) is 41.3 Å². The lowest BCUT2D eigenvalue weighted by Gasteiger charge is -2.36. The van der Waals surface area contributed by atoms with Gasteiger partial charge in [0.05, 0.1) is 23.5 Å². The van der Waals surface area contributed by atoms with Gasteiger partial charge in [-0.2, -0.15) is 5.10 Å². The summed E-state index contributed by atoms with van der Waals surface area (Å²) in [7, 11) is 4.06. The number of aromatic nitrogens is 2. The zero-order chi connectivity index (χ0) is 14.8. The highest BCUT2D eigenvalue weighted by atomic mass is 35.5. The van der Waals surface area contributed by atoms with Gasteiger partial charge < -0.3 is 10.0 Å². The van der Waals surface area contributed by atoms with Crippen molar-refractivity contribution >= 4 is 11.6 Å². The van der Waals surface area contributed by atoms with Gasteiger partial charge in [-0.1, -0.05) is 30.9 Å². The summed E-state index contributed by atoms with van der Waals surface area (Å²) in [4.78, 5) is 2.11. The maximum Gasteiger partial charge on any atom is 0.108 e. The second kappa shape index (κ2) is 6.46. The molecule has 1 N–H and O–H groups in total.